The molecule has 12 heteroatoms. The lowest BCUT2D eigenvalue weighted by atomic mass is 10.00. The number of fused-ring (bicyclic) bond motifs is 3. The van der Waals surface area contributed by atoms with E-state index in [0.29, 0.717) is 17.8 Å². The van der Waals surface area contributed by atoms with Crippen LogP contribution in [0, 0.1) is 5.82 Å². The Hall–Kier alpha value is -2.79. The van der Waals surface area contributed by atoms with Gasteiger partial charge in [0.15, 0.2) is 0 Å². The summed E-state index contributed by atoms with van der Waals surface area (Å²) >= 11 is 0. The fourth-order valence-electron chi connectivity index (χ4n) is 3.90. The molecule has 0 aliphatic carbocycles. The Labute approximate surface area is 171 Å². The van der Waals surface area contributed by atoms with Crippen LogP contribution in [0.1, 0.15) is 35.4 Å². The van der Waals surface area contributed by atoms with Crippen LogP contribution in [0.4, 0.5) is 41.2 Å². The molecule has 4 rings (SSSR count). The summed E-state index contributed by atoms with van der Waals surface area (Å²) in [6, 6.07) is 1.19. The zero-order chi connectivity index (χ0) is 22.6. The fourth-order valence-corrected chi connectivity index (χ4v) is 3.90. The molecule has 1 atom stereocenters. The first-order chi connectivity index (χ1) is 14.5. The van der Waals surface area contributed by atoms with Crippen LogP contribution in [-0.2, 0) is 31.6 Å². The molecule has 2 amide bonds. The second-order valence-corrected chi connectivity index (χ2v) is 7.59. The molecule has 0 saturated heterocycles. The number of urea groups is 1. The minimum atomic E-state index is -4.94. The van der Waals surface area contributed by atoms with Gasteiger partial charge in [0.2, 0.25) is 0 Å². The van der Waals surface area contributed by atoms with Gasteiger partial charge in [-0.15, -0.1) is 0 Å². The number of carbonyl (C=O) groups is 1. The minimum Gasteiger partial charge on any atom is -0.320 e. The van der Waals surface area contributed by atoms with Gasteiger partial charge in [-0.25, -0.2) is 13.6 Å². The van der Waals surface area contributed by atoms with E-state index in [9.17, 15) is 35.5 Å². The number of rotatable bonds is 1. The van der Waals surface area contributed by atoms with Crippen LogP contribution in [-0.4, -0.2) is 33.4 Å². The largest absolute Gasteiger partial charge is 0.419 e. The van der Waals surface area contributed by atoms with Gasteiger partial charge in [-0.3, -0.25) is 4.68 Å². The van der Waals surface area contributed by atoms with Crippen LogP contribution in [0.2, 0.25) is 0 Å². The summed E-state index contributed by atoms with van der Waals surface area (Å²) in [5.74, 6) is -4.80. The molecule has 5 nitrogen and oxygen atoms in total. The first-order valence-corrected chi connectivity index (χ1v) is 9.49. The molecule has 0 spiro atoms. The predicted octanol–water partition coefficient (Wildman–Crippen LogP) is 4.85. The highest BCUT2D eigenvalue weighted by atomic mass is 19.4. The summed E-state index contributed by atoms with van der Waals surface area (Å²) in [4.78, 5) is 13.7. The molecule has 0 bridgehead atoms. The smallest absolute Gasteiger partial charge is 0.320 e. The third kappa shape index (κ3) is 4.07. The summed E-state index contributed by atoms with van der Waals surface area (Å²) in [6.07, 6.45) is -7.28. The average Bonchev–Trinajstić information content (AvgIpc) is 2.99. The highest BCUT2D eigenvalue weighted by Gasteiger charge is 2.44. The van der Waals surface area contributed by atoms with Crippen molar-refractivity contribution >= 4 is 11.7 Å². The van der Waals surface area contributed by atoms with Crippen molar-refractivity contribution in [1.29, 1.82) is 0 Å². The van der Waals surface area contributed by atoms with Gasteiger partial charge in [0.25, 0.3) is 5.92 Å². The number of carbonyl (C=O) groups excluding carboxylic acids is 1. The van der Waals surface area contributed by atoms with Gasteiger partial charge in [0.05, 0.1) is 24.3 Å². The standard InChI is InChI=1S/C19H17F7N4O/c20-10-3-5-18(22,23)16-12-9-29(6-4-15(12)28-30(16)8-10)17(31)27-11-1-2-14(21)13(7-11)19(24,25)26/h1-2,7,10H,3-6,8-9H2,(H,27,31)/t10-/m1/s1. The number of hydrogen-bond donors (Lipinski definition) is 1. The van der Waals surface area contributed by atoms with Crippen molar-refractivity contribution in [2.75, 3.05) is 11.9 Å². The molecular weight excluding hydrogens is 433 g/mol. The number of nitrogens with one attached hydrogen (secondary N) is 1. The number of aromatic nitrogens is 2. The van der Waals surface area contributed by atoms with Crippen molar-refractivity contribution in [3.8, 4) is 0 Å². The Bertz CT molecular complexity index is 1020. The van der Waals surface area contributed by atoms with Crippen LogP contribution in [0.25, 0.3) is 0 Å². The van der Waals surface area contributed by atoms with Crippen LogP contribution in [0.5, 0.6) is 0 Å². The van der Waals surface area contributed by atoms with Crippen LogP contribution >= 0.6 is 0 Å². The van der Waals surface area contributed by atoms with Crippen molar-refractivity contribution in [1.82, 2.24) is 14.7 Å². The Kier molecular flexibility index (Phi) is 5.13. The Morgan fingerprint density at radius 2 is 2.00 bits per heavy atom. The molecule has 1 aromatic heterocycles. The van der Waals surface area contributed by atoms with Crippen molar-refractivity contribution in [3.63, 3.8) is 0 Å². The second kappa shape index (κ2) is 7.41. The number of anilines is 1. The van der Waals surface area contributed by atoms with Gasteiger partial charge in [0.1, 0.15) is 17.7 Å². The zero-order valence-corrected chi connectivity index (χ0v) is 15.9. The van der Waals surface area contributed by atoms with E-state index in [1.807, 2.05) is 0 Å². The number of nitrogens with zero attached hydrogens (tertiary/aromatic N) is 3. The van der Waals surface area contributed by atoms with E-state index in [4.69, 9.17) is 0 Å². The number of alkyl halides is 6. The molecule has 0 fully saturated rings. The minimum absolute atomic E-state index is 0.0766. The monoisotopic (exact) mass is 450 g/mol. The van der Waals surface area contributed by atoms with E-state index in [2.05, 4.69) is 10.4 Å². The first-order valence-electron chi connectivity index (χ1n) is 9.49. The number of hydrogen-bond acceptors (Lipinski definition) is 2. The molecule has 31 heavy (non-hydrogen) atoms. The third-order valence-corrected chi connectivity index (χ3v) is 5.40. The summed E-state index contributed by atoms with van der Waals surface area (Å²) in [7, 11) is 0. The summed E-state index contributed by atoms with van der Waals surface area (Å²) in [6.45, 7) is -0.483. The average molecular weight is 450 g/mol. The van der Waals surface area contributed by atoms with E-state index in [0.717, 1.165) is 15.6 Å². The number of halogens is 7. The van der Waals surface area contributed by atoms with E-state index < -0.39 is 47.8 Å². The molecule has 168 valence electrons. The molecule has 2 aromatic rings. The molecular formula is C19H17F7N4O. The fraction of sp³-hybridized carbons (Fsp3) is 0.474. The van der Waals surface area contributed by atoms with Gasteiger partial charge in [-0.1, -0.05) is 0 Å². The Morgan fingerprint density at radius 3 is 2.71 bits per heavy atom. The highest BCUT2D eigenvalue weighted by molar-refractivity contribution is 5.89. The van der Waals surface area contributed by atoms with Crippen molar-refractivity contribution in [2.45, 2.75) is 50.6 Å². The quantitative estimate of drug-likeness (QED) is 0.632. The predicted molar refractivity (Wildman–Crippen MR) is 94.8 cm³/mol. The van der Waals surface area contributed by atoms with E-state index in [1.54, 1.807) is 0 Å². The van der Waals surface area contributed by atoms with Crippen molar-refractivity contribution in [3.05, 3.63) is 46.5 Å². The van der Waals surface area contributed by atoms with E-state index >= 15 is 0 Å². The van der Waals surface area contributed by atoms with Gasteiger partial charge in [0, 0.05) is 30.6 Å². The summed E-state index contributed by atoms with van der Waals surface area (Å²) in [5, 5.41) is 6.34. The molecule has 2 aliphatic heterocycles. The molecule has 0 radical (unpaired) electrons. The SMILES string of the molecule is O=C(Nc1ccc(F)c(C(F)(F)F)c1)N1CCc2nn3c(c2C1)C(F)(F)CC[C@@H](F)C3. The molecule has 1 aromatic carbocycles. The van der Waals surface area contributed by atoms with Crippen LogP contribution < -0.4 is 5.32 Å². The maximum Gasteiger partial charge on any atom is 0.419 e. The van der Waals surface area contributed by atoms with E-state index in [-0.39, 0.29) is 43.7 Å². The lowest BCUT2D eigenvalue weighted by Crippen LogP contribution is -2.39. The number of amides is 2. The topological polar surface area (TPSA) is 50.2 Å². The summed E-state index contributed by atoms with van der Waals surface area (Å²) < 4.78 is 96.1. The van der Waals surface area contributed by atoms with Crippen LogP contribution in [0.3, 0.4) is 0 Å². The molecule has 1 N–H and O–H groups in total. The maximum atomic E-state index is 14.6. The first kappa shape index (κ1) is 21.4. The maximum absolute atomic E-state index is 14.6. The van der Waals surface area contributed by atoms with Gasteiger partial charge < -0.3 is 10.2 Å². The van der Waals surface area contributed by atoms with Crippen LogP contribution in [0.15, 0.2) is 18.2 Å². The van der Waals surface area contributed by atoms with Gasteiger partial charge >= 0.3 is 12.2 Å². The second-order valence-electron chi connectivity index (χ2n) is 7.59. The Morgan fingerprint density at radius 1 is 1.26 bits per heavy atom. The molecule has 0 unspecified atom stereocenters. The lowest BCUT2D eigenvalue weighted by Gasteiger charge is -2.28. The zero-order valence-electron chi connectivity index (χ0n) is 15.9. The lowest BCUT2D eigenvalue weighted by molar-refractivity contribution is -0.139. The van der Waals surface area contributed by atoms with Gasteiger partial charge in [-0.2, -0.15) is 27.1 Å². The highest BCUT2D eigenvalue weighted by Crippen LogP contribution is 2.41. The van der Waals surface area contributed by atoms with Gasteiger partial charge in [-0.05, 0) is 24.6 Å². The third-order valence-electron chi connectivity index (χ3n) is 5.40. The molecule has 3 heterocycles. The molecule has 0 saturated carbocycles. The van der Waals surface area contributed by atoms with E-state index in [1.165, 1.54) is 0 Å². The summed E-state index contributed by atoms with van der Waals surface area (Å²) in [5.41, 5.74) is -1.79. The van der Waals surface area contributed by atoms with Crippen molar-refractivity contribution < 1.29 is 35.5 Å². The van der Waals surface area contributed by atoms with Crippen molar-refractivity contribution in [2.24, 2.45) is 0 Å². The normalized spacial score (nSPS) is 20.6. The Balaban J connectivity index is 1.57. The number of benzene rings is 1. The molecule has 2 aliphatic rings.